The zero-order chi connectivity index (χ0) is 27.4. The Morgan fingerprint density at radius 2 is 1.85 bits per heavy atom. The molecule has 3 atom stereocenters. The summed E-state index contributed by atoms with van der Waals surface area (Å²) >= 11 is 0. The van der Waals surface area contributed by atoms with Gasteiger partial charge in [-0.15, -0.1) is 0 Å². The highest BCUT2D eigenvalue weighted by Crippen LogP contribution is 2.32. The van der Waals surface area contributed by atoms with Gasteiger partial charge in [0, 0.05) is 32.7 Å². The molecule has 0 spiro atoms. The van der Waals surface area contributed by atoms with Gasteiger partial charge >= 0.3 is 0 Å². The molecule has 0 bridgehead atoms. The summed E-state index contributed by atoms with van der Waals surface area (Å²) < 4.78 is 33.7. The maximum atomic E-state index is 14.1. The van der Waals surface area contributed by atoms with E-state index in [-0.39, 0.29) is 17.7 Å². The molecule has 1 aromatic heterocycles. The maximum Gasteiger partial charge on any atom is 0.295 e. The summed E-state index contributed by atoms with van der Waals surface area (Å²) in [6.07, 6.45) is 5.26. The number of ether oxygens (including phenoxy) is 1. The van der Waals surface area contributed by atoms with Crippen molar-refractivity contribution in [3.8, 4) is 0 Å². The first kappa shape index (κ1) is 26.7. The zero-order valence-corrected chi connectivity index (χ0v) is 22.1. The number of fused-ring (bicyclic) bond motifs is 1. The first-order valence-electron chi connectivity index (χ1n) is 13.2. The van der Waals surface area contributed by atoms with Gasteiger partial charge in [0.25, 0.3) is 6.43 Å². The van der Waals surface area contributed by atoms with Gasteiger partial charge in [0.1, 0.15) is 17.7 Å². The molecular weight excluding hydrogens is 504 g/mol. The van der Waals surface area contributed by atoms with Crippen molar-refractivity contribution in [2.75, 3.05) is 55.0 Å². The van der Waals surface area contributed by atoms with Crippen molar-refractivity contribution in [2.45, 2.75) is 37.9 Å². The fourth-order valence-corrected chi connectivity index (χ4v) is 4.94. The number of amidine groups is 1. The Hall–Kier alpha value is -3.86. The van der Waals surface area contributed by atoms with E-state index in [1.165, 1.54) is 4.90 Å². The second-order valence-corrected chi connectivity index (χ2v) is 9.78. The van der Waals surface area contributed by atoms with Crippen molar-refractivity contribution < 1.29 is 18.3 Å². The fourth-order valence-electron chi connectivity index (χ4n) is 4.94. The normalized spacial score (nSPS) is 21.1. The van der Waals surface area contributed by atoms with Crippen LogP contribution in [0, 0.1) is 0 Å². The fraction of sp³-hybridized carbons (Fsp3) is 0.429. The predicted octanol–water partition coefficient (Wildman–Crippen LogP) is 3.16. The summed E-state index contributed by atoms with van der Waals surface area (Å²) in [6, 6.07) is 10.2. The van der Waals surface area contributed by atoms with E-state index in [4.69, 9.17) is 4.74 Å². The quantitative estimate of drug-likeness (QED) is 0.526. The Bertz CT molecular complexity index is 1250. The van der Waals surface area contributed by atoms with Gasteiger partial charge in [0.05, 0.1) is 25.3 Å². The number of morpholine rings is 1. The van der Waals surface area contributed by atoms with Crippen molar-refractivity contribution in [3.05, 3.63) is 66.3 Å². The Kier molecular flexibility index (Phi) is 8.16. The van der Waals surface area contributed by atoms with Crippen molar-refractivity contribution in [1.29, 1.82) is 0 Å². The molecule has 9 nitrogen and oxygen atoms in total. The molecule has 3 aliphatic rings. The van der Waals surface area contributed by atoms with E-state index in [9.17, 15) is 13.6 Å². The topological polar surface area (TPSA) is 86.2 Å². The van der Waals surface area contributed by atoms with Crippen LogP contribution in [0.4, 0.5) is 26.4 Å². The molecule has 2 aromatic rings. The molecule has 1 N–H and O–H groups in total. The van der Waals surface area contributed by atoms with Crippen molar-refractivity contribution in [3.63, 3.8) is 0 Å². The number of alkyl halides is 2. The average Bonchev–Trinajstić information content (AvgIpc) is 3.36. The number of hydrogen-bond donors (Lipinski definition) is 1. The van der Waals surface area contributed by atoms with Crippen LogP contribution in [0.3, 0.4) is 0 Å². The molecule has 2 aliphatic heterocycles. The number of rotatable bonds is 9. The van der Waals surface area contributed by atoms with Crippen molar-refractivity contribution >= 4 is 29.3 Å². The van der Waals surface area contributed by atoms with Crippen LogP contribution in [-0.2, 0) is 16.0 Å². The average molecular weight is 538 g/mol. The number of aromatic nitrogens is 2. The number of aliphatic imine (C=N–C) groups is 1. The minimum absolute atomic E-state index is 0.121. The molecule has 1 amide bonds. The molecule has 11 heteroatoms. The maximum absolute atomic E-state index is 14.1. The van der Waals surface area contributed by atoms with Crippen LogP contribution < -0.4 is 15.1 Å². The van der Waals surface area contributed by atoms with Crippen LogP contribution in [0.5, 0.6) is 0 Å². The molecule has 0 radical (unpaired) electrons. The molecule has 1 fully saturated rings. The number of hydrogen-bond acceptors (Lipinski definition) is 8. The highest BCUT2D eigenvalue weighted by atomic mass is 19.3. The van der Waals surface area contributed by atoms with E-state index in [1.54, 1.807) is 24.9 Å². The Morgan fingerprint density at radius 1 is 1.13 bits per heavy atom. The number of amides is 1. The monoisotopic (exact) mass is 537 g/mol. The van der Waals surface area contributed by atoms with Gasteiger partial charge in [-0.1, -0.05) is 54.6 Å². The first-order chi connectivity index (χ1) is 18.9. The van der Waals surface area contributed by atoms with E-state index in [0.717, 1.165) is 12.0 Å². The lowest BCUT2D eigenvalue weighted by atomic mass is 10.0. The smallest absolute Gasteiger partial charge is 0.295 e. The SMILES string of the molecule is C[C@H](Nc1nc(N2CCOCC2)cc(N2C(C(F)F)=NC3C=CC=CC32)n1)C(=O)N(C)CCc1ccccc1. The summed E-state index contributed by atoms with van der Waals surface area (Å²) in [5, 5.41) is 3.12. The largest absolute Gasteiger partial charge is 0.378 e. The number of nitrogens with one attached hydrogen (secondary N) is 1. The lowest BCUT2D eigenvalue weighted by molar-refractivity contribution is -0.130. The molecule has 5 rings (SSSR count). The molecule has 2 unspecified atom stereocenters. The molecule has 1 saturated heterocycles. The highest BCUT2D eigenvalue weighted by Gasteiger charge is 2.40. The van der Waals surface area contributed by atoms with Crippen molar-refractivity contribution in [1.82, 2.24) is 14.9 Å². The number of carbonyl (C=O) groups is 1. The van der Waals surface area contributed by atoms with Gasteiger partial charge in [-0.2, -0.15) is 9.97 Å². The number of carbonyl (C=O) groups excluding carboxylic acids is 1. The molecule has 1 aromatic carbocycles. The van der Waals surface area contributed by atoms with Gasteiger partial charge in [-0.25, -0.2) is 8.78 Å². The van der Waals surface area contributed by atoms with Crippen molar-refractivity contribution in [2.24, 2.45) is 4.99 Å². The van der Waals surface area contributed by atoms with E-state index in [2.05, 4.69) is 20.3 Å². The minimum Gasteiger partial charge on any atom is -0.378 e. The Balaban J connectivity index is 1.39. The number of allylic oxidation sites excluding steroid dienone is 2. The molecule has 1 aliphatic carbocycles. The lowest BCUT2D eigenvalue weighted by Gasteiger charge is -2.31. The van der Waals surface area contributed by atoms with Crippen LogP contribution in [-0.4, -0.2) is 91.1 Å². The Morgan fingerprint density at radius 3 is 2.59 bits per heavy atom. The molecule has 3 heterocycles. The van der Waals surface area contributed by atoms with Gasteiger partial charge in [-0.05, 0) is 18.9 Å². The van der Waals surface area contributed by atoms with Gasteiger partial charge in [0.2, 0.25) is 11.9 Å². The summed E-state index contributed by atoms with van der Waals surface area (Å²) in [7, 11) is 1.76. The number of likely N-dealkylation sites (N-methyl/N-ethyl adjacent to an activating group) is 1. The third kappa shape index (κ3) is 6.08. The molecule has 0 saturated carbocycles. The minimum atomic E-state index is -2.77. The standard InChI is InChI=1S/C28H33F2N7O2/c1-19(27(38)35(2)13-12-20-8-4-3-5-9-20)31-28-33-23(36-14-16-39-17-15-36)18-24(34-28)37-22-11-7-6-10-21(22)32-26(37)25(29)30/h3-11,18-19,21-22,25H,12-17H2,1-2H3,(H,31,33,34)/t19-,21?,22?/m0/s1. The Labute approximate surface area is 226 Å². The van der Waals surface area contributed by atoms with Crippen LogP contribution >= 0.6 is 0 Å². The number of benzene rings is 1. The predicted molar refractivity (Wildman–Crippen MR) is 148 cm³/mol. The van der Waals surface area contributed by atoms with E-state index in [1.807, 2.05) is 59.5 Å². The van der Waals surface area contributed by atoms with Crippen LogP contribution in [0.1, 0.15) is 12.5 Å². The van der Waals surface area contributed by atoms with E-state index >= 15 is 0 Å². The summed E-state index contributed by atoms with van der Waals surface area (Å²) in [4.78, 5) is 31.9. The third-order valence-electron chi connectivity index (χ3n) is 7.05. The van der Waals surface area contributed by atoms with Crippen LogP contribution in [0.25, 0.3) is 0 Å². The second-order valence-electron chi connectivity index (χ2n) is 9.78. The zero-order valence-electron chi connectivity index (χ0n) is 22.1. The van der Waals surface area contributed by atoms with Crippen LogP contribution in [0.2, 0.25) is 0 Å². The van der Waals surface area contributed by atoms with E-state index < -0.39 is 24.6 Å². The summed E-state index contributed by atoms with van der Waals surface area (Å²) in [6.45, 7) is 4.59. The van der Waals surface area contributed by atoms with Crippen LogP contribution in [0.15, 0.2) is 65.7 Å². The van der Waals surface area contributed by atoms with Gasteiger partial charge < -0.3 is 24.8 Å². The lowest BCUT2D eigenvalue weighted by Crippen LogP contribution is -2.43. The highest BCUT2D eigenvalue weighted by molar-refractivity contribution is 6.03. The number of nitrogens with zero attached hydrogens (tertiary/aromatic N) is 6. The molecule has 206 valence electrons. The first-order valence-corrected chi connectivity index (χ1v) is 13.2. The number of anilines is 3. The second kappa shape index (κ2) is 11.9. The van der Waals surface area contributed by atoms with E-state index in [0.29, 0.717) is 44.5 Å². The summed E-state index contributed by atoms with van der Waals surface area (Å²) in [5.41, 5.74) is 1.15. The third-order valence-corrected chi connectivity index (χ3v) is 7.05. The molecule has 39 heavy (non-hydrogen) atoms. The summed E-state index contributed by atoms with van der Waals surface area (Å²) in [5.74, 6) is 0.624. The number of halogens is 2. The van der Waals surface area contributed by atoms with Gasteiger partial charge in [0.15, 0.2) is 5.84 Å². The molecular formula is C28H33F2N7O2. The van der Waals surface area contributed by atoms with Gasteiger partial charge in [-0.3, -0.25) is 9.79 Å².